The van der Waals surface area contributed by atoms with Gasteiger partial charge in [-0.05, 0) is 32.1 Å². The van der Waals surface area contributed by atoms with Gasteiger partial charge in [-0.1, -0.05) is 12.1 Å². The second kappa shape index (κ2) is 11.0. The number of carbonyl (C=O) groups excluding carboxylic acids is 1. The fraction of sp³-hybridized carbons (Fsp3) is 0.667. The molecule has 0 saturated heterocycles. The monoisotopic (exact) mass is 355 g/mol. The summed E-state index contributed by atoms with van der Waals surface area (Å²) in [5.41, 5.74) is 0.953. The largest absolute Gasteiger partial charge is 0.481 e. The second-order valence-electron chi connectivity index (χ2n) is 5.61. The highest BCUT2D eigenvalue weighted by atomic mass is 16.4. The van der Waals surface area contributed by atoms with E-state index >= 15 is 0 Å². The molecule has 10 heteroatoms. The molecule has 0 aliphatic heterocycles. The Morgan fingerprint density at radius 1 is 1.24 bits per heavy atom. The number of amides is 2. The van der Waals surface area contributed by atoms with Crippen LogP contribution in [0.5, 0.6) is 0 Å². The molecule has 0 bridgehead atoms. The SMILES string of the molecule is CCc1cn(CCCCCNC(=O)N[C@@H](CCC(=O)O)C(=O)O)nn1. The van der Waals surface area contributed by atoms with E-state index < -0.39 is 24.0 Å². The molecule has 1 rings (SSSR count). The number of hydrogen-bond acceptors (Lipinski definition) is 5. The quantitative estimate of drug-likeness (QED) is 0.402. The number of urea groups is 1. The van der Waals surface area contributed by atoms with Crippen molar-refractivity contribution in [3.8, 4) is 0 Å². The summed E-state index contributed by atoms with van der Waals surface area (Å²) in [4.78, 5) is 33.1. The summed E-state index contributed by atoms with van der Waals surface area (Å²) in [7, 11) is 0. The Morgan fingerprint density at radius 3 is 2.60 bits per heavy atom. The molecule has 1 heterocycles. The summed E-state index contributed by atoms with van der Waals surface area (Å²) in [5, 5.41) is 30.4. The Bertz CT molecular complexity index is 574. The summed E-state index contributed by atoms with van der Waals surface area (Å²) in [6.07, 6.45) is 4.80. The standard InChI is InChI=1S/C15H25N5O5/c1-2-11-10-20(19-18-11)9-5-3-4-8-16-15(25)17-12(14(23)24)6-7-13(21)22/h10,12H,2-9H2,1H3,(H,21,22)(H,23,24)(H2,16,17,25)/t12-/m0/s1. The van der Waals surface area contributed by atoms with Crippen molar-refractivity contribution in [3.63, 3.8) is 0 Å². The molecular formula is C15H25N5O5. The van der Waals surface area contributed by atoms with Gasteiger partial charge in [0.25, 0.3) is 0 Å². The number of carboxylic acid groups (broad SMARTS) is 2. The first-order chi connectivity index (χ1) is 11.9. The number of carbonyl (C=O) groups is 3. The minimum absolute atomic E-state index is 0.157. The van der Waals surface area contributed by atoms with E-state index in [4.69, 9.17) is 10.2 Å². The normalized spacial score (nSPS) is 11.7. The highest BCUT2D eigenvalue weighted by Gasteiger charge is 2.20. The summed E-state index contributed by atoms with van der Waals surface area (Å²) < 4.78 is 1.79. The van der Waals surface area contributed by atoms with Gasteiger partial charge >= 0.3 is 18.0 Å². The Labute approximate surface area is 145 Å². The third-order valence-electron chi connectivity index (χ3n) is 3.55. The second-order valence-corrected chi connectivity index (χ2v) is 5.61. The van der Waals surface area contributed by atoms with Crippen LogP contribution in [0.4, 0.5) is 4.79 Å². The number of unbranched alkanes of at least 4 members (excludes halogenated alkanes) is 2. The molecule has 1 aromatic heterocycles. The van der Waals surface area contributed by atoms with Crippen molar-refractivity contribution in [2.45, 2.75) is 58.0 Å². The van der Waals surface area contributed by atoms with Crippen molar-refractivity contribution in [1.82, 2.24) is 25.6 Å². The van der Waals surface area contributed by atoms with E-state index in [9.17, 15) is 14.4 Å². The summed E-state index contributed by atoms with van der Waals surface area (Å²) in [5.74, 6) is -2.36. The lowest BCUT2D eigenvalue weighted by atomic mass is 10.1. The first-order valence-electron chi connectivity index (χ1n) is 8.30. The number of carboxylic acids is 2. The van der Waals surface area contributed by atoms with Crippen LogP contribution in [0.1, 0.15) is 44.7 Å². The smallest absolute Gasteiger partial charge is 0.326 e. The maximum absolute atomic E-state index is 11.6. The maximum atomic E-state index is 11.6. The number of hydrogen-bond donors (Lipinski definition) is 4. The van der Waals surface area contributed by atoms with Crippen molar-refractivity contribution >= 4 is 18.0 Å². The highest BCUT2D eigenvalue weighted by Crippen LogP contribution is 2.00. The van der Waals surface area contributed by atoms with Gasteiger partial charge in [0.15, 0.2) is 0 Å². The van der Waals surface area contributed by atoms with E-state index in [0.29, 0.717) is 6.54 Å². The van der Waals surface area contributed by atoms with Crippen LogP contribution in [-0.4, -0.2) is 55.8 Å². The van der Waals surface area contributed by atoms with Crippen LogP contribution in [0.15, 0.2) is 6.20 Å². The third kappa shape index (κ3) is 8.68. The maximum Gasteiger partial charge on any atom is 0.326 e. The predicted octanol–water partition coefficient (Wildman–Crippen LogP) is 0.628. The minimum atomic E-state index is -1.25. The van der Waals surface area contributed by atoms with Crippen LogP contribution in [0.3, 0.4) is 0 Å². The Hall–Kier alpha value is -2.65. The van der Waals surface area contributed by atoms with Gasteiger partial charge < -0.3 is 20.8 Å². The summed E-state index contributed by atoms with van der Waals surface area (Å²) in [6.45, 7) is 3.19. The molecule has 0 aromatic carbocycles. The van der Waals surface area contributed by atoms with Gasteiger partial charge in [-0.25, -0.2) is 9.59 Å². The van der Waals surface area contributed by atoms with Gasteiger partial charge in [0, 0.05) is 25.7 Å². The van der Waals surface area contributed by atoms with Crippen molar-refractivity contribution < 1.29 is 24.6 Å². The van der Waals surface area contributed by atoms with Crippen LogP contribution in [-0.2, 0) is 22.6 Å². The molecule has 0 spiro atoms. The van der Waals surface area contributed by atoms with Crippen molar-refractivity contribution in [3.05, 3.63) is 11.9 Å². The molecule has 0 unspecified atom stereocenters. The molecule has 2 amide bonds. The molecule has 0 aliphatic carbocycles. The zero-order chi connectivity index (χ0) is 18.7. The van der Waals surface area contributed by atoms with Gasteiger partial charge in [0.2, 0.25) is 0 Å². The molecule has 1 atom stereocenters. The number of nitrogens with one attached hydrogen (secondary N) is 2. The topological polar surface area (TPSA) is 146 Å². The third-order valence-corrected chi connectivity index (χ3v) is 3.55. The first kappa shape index (κ1) is 20.4. The van der Waals surface area contributed by atoms with E-state index in [-0.39, 0.29) is 12.8 Å². The molecule has 140 valence electrons. The van der Waals surface area contributed by atoms with Crippen LogP contribution < -0.4 is 10.6 Å². The zero-order valence-electron chi connectivity index (χ0n) is 14.3. The zero-order valence-corrected chi connectivity index (χ0v) is 14.3. The van der Waals surface area contributed by atoms with E-state index in [1.54, 1.807) is 4.68 Å². The average molecular weight is 355 g/mol. The number of aromatic nitrogens is 3. The predicted molar refractivity (Wildman–Crippen MR) is 88.1 cm³/mol. The van der Waals surface area contributed by atoms with Gasteiger partial charge in [0.05, 0.1) is 5.69 Å². The van der Waals surface area contributed by atoms with Crippen LogP contribution >= 0.6 is 0 Å². The first-order valence-corrected chi connectivity index (χ1v) is 8.30. The van der Waals surface area contributed by atoms with E-state index in [2.05, 4.69) is 20.9 Å². The lowest BCUT2D eigenvalue weighted by Crippen LogP contribution is -2.46. The number of rotatable bonds is 12. The van der Waals surface area contributed by atoms with Gasteiger partial charge in [-0.15, -0.1) is 5.10 Å². The van der Waals surface area contributed by atoms with Gasteiger partial charge in [-0.2, -0.15) is 0 Å². The molecule has 10 nitrogen and oxygen atoms in total. The molecule has 0 saturated carbocycles. The molecule has 25 heavy (non-hydrogen) atoms. The molecule has 0 radical (unpaired) electrons. The fourth-order valence-corrected chi connectivity index (χ4v) is 2.12. The fourth-order valence-electron chi connectivity index (χ4n) is 2.12. The molecular weight excluding hydrogens is 330 g/mol. The van der Waals surface area contributed by atoms with Gasteiger partial charge in [-0.3, -0.25) is 9.48 Å². The number of aryl methyl sites for hydroxylation is 2. The Kier molecular flexibility index (Phi) is 8.97. The van der Waals surface area contributed by atoms with E-state index in [0.717, 1.165) is 37.9 Å². The highest BCUT2D eigenvalue weighted by molar-refractivity contribution is 5.82. The summed E-state index contributed by atoms with van der Waals surface area (Å²) >= 11 is 0. The minimum Gasteiger partial charge on any atom is -0.481 e. The lowest BCUT2D eigenvalue weighted by Gasteiger charge is -2.14. The Morgan fingerprint density at radius 2 is 2.00 bits per heavy atom. The lowest BCUT2D eigenvalue weighted by molar-refractivity contribution is -0.140. The van der Waals surface area contributed by atoms with Crippen LogP contribution in [0.25, 0.3) is 0 Å². The van der Waals surface area contributed by atoms with Gasteiger partial charge in [0.1, 0.15) is 6.04 Å². The molecule has 0 aliphatic rings. The van der Waals surface area contributed by atoms with Crippen molar-refractivity contribution in [2.24, 2.45) is 0 Å². The van der Waals surface area contributed by atoms with E-state index in [1.165, 1.54) is 0 Å². The average Bonchev–Trinajstić information content (AvgIpc) is 3.02. The Balaban J connectivity index is 2.14. The van der Waals surface area contributed by atoms with E-state index in [1.807, 2.05) is 13.1 Å². The number of aliphatic carboxylic acids is 2. The van der Waals surface area contributed by atoms with Crippen molar-refractivity contribution in [2.75, 3.05) is 6.54 Å². The van der Waals surface area contributed by atoms with Crippen LogP contribution in [0, 0.1) is 0 Å². The molecule has 1 aromatic rings. The number of nitrogens with zero attached hydrogens (tertiary/aromatic N) is 3. The van der Waals surface area contributed by atoms with Crippen molar-refractivity contribution in [1.29, 1.82) is 0 Å². The molecule has 4 N–H and O–H groups in total. The summed E-state index contributed by atoms with van der Waals surface area (Å²) in [6, 6.07) is -1.82. The molecule has 0 fully saturated rings. The van der Waals surface area contributed by atoms with Crippen LogP contribution in [0.2, 0.25) is 0 Å².